The first kappa shape index (κ1) is 11.2. The fraction of sp³-hybridized carbons (Fsp3) is 0.250. The summed E-state index contributed by atoms with van der Waals surface area (Å²) >= 11 is 1.57. The molecule has 0 spiro atoms. The molecule has 0 fully saturated rings. The van der Waals surface area contributed by atoms with Crippen LogP contribution in [0.25, 0.3) is 0 Å². The quantitative estimate of drug-likeness (QED) is 0.890. The molecule has 0 saturated carbocycles. The first-order valence-electron chi connectivity index (χ1n) is 4.94. The van der Waals surface area contributed by atoms with Crippen molar-refractivity contribution in [2.24, 2.45) is 0 Å². The van der Waals surface area contributed by atoms with Crippen LogP contribution in [0.1, 0.15) is 17.4 Å². The highest BCUT2D eigenvalue weighted by Crippen LogP contribution is 2.26. The number of pyridine rings is 1. The van der Waals surface area contributed by atoms with Crippen molar-refractivity contribution >= 4 is 11.3 Å². The van der Waals surface area contributed by atoms with E-state index in [0.717, 1.165) is 11.1 Å². The van der Waals surface area contributed by atoms with E-state index in [4.69, 9.17) is 0 Å². The Morgan fingerprint density at radius 3 is 2.94 bits per heavy atom. The third-order valence-corrected chi connectivity index (χ3v) is 3.30. The van der Waals surface area contributed by atoms with E-state index in [2.05, 4.69) is 4.98 Å². The molecule has 2 aromatic rings. The van der Waals surface area contributed by atoms with Gasteiger partial charge in [0.15, 0.2) is 0 Å². The third-order valence-electron chi connectivity index (χ3n) is 2.43. The molecule has 1 atom stereocenters. The molecular formula is C12H12FNOS. The van der Waals surface area contributed by atoms with E-state index in [1.165, 1.54) is 12.3 Å². The molecule has 0 bridgehead atoms. The molecule has 2 aromatic heterocycles. The number of thiophene rings is 1. The maximum absolute atomic E-state index is 13.0. The number of rotatable bonds is 3. The Labute approximate surface area is 97.4 Å². The largest absolute Gasteiger partial charge is 0.385 e. The highest BCUT2D eigenvalue weighted by molar-refractivity contribution is 7.09. The zero-order valence-corrected chi connectivity index (χ0v) is 9.67. The van der Waals surface area contributed by atoms with Gasteiger partial charge < -0.3 is 5.11 Å². The highest BCUT2D eigenvalue weighted by Gasteiger charge is 2.24. The molecule has 2 nitrogen and oxygen atoms in total. The highest BCUT2D eigenvalue weighted by atomic mass is 32.1. The van der Waals surface area contributed by atoms with Gasteiger partial charge in [-0.1, -0.05) is 6.07 Å². The van der Waals surface area contributed by atoms with Gasteiger partial charge in [-0.25, -0.2) is 4.39 Å². The molecule has 0 aliphatic carbocycles. The molecule has 0 amide bonds. The van der Waals surface area contributed by atoms with Gasteiger partial charge in [0, 0.05) is 23.1 Å². The lowest BCUT2D eigenvalue weighted by Crippen LogP contribution is -2.24. The molecule has 2 rings (SSSR count). The summed E-state index contributed by atoms with van der Waals surface area (Å²) < 4.78 is 13.0. The first-order valence-corrected chi connectivity index (χ1v) is 5.82. The predicted octanol–water partition coefficient (Wildman–Crippen LogP) is 2.73. The van der Waals surface area contributed by atoms with Gasteiger partial charge in [0.2, 0.25) is 0 Å². The van der Waals surface area contributed by atoms with E-state index in [1.54, 1.807) is 18.3 Å². The summed E-state index contributed by atoms with van der Waals surface area (Å²) in [5.74, 6) is -0.427. The summed E-state index contributed by atoms with van der Waals surface area (Å²) in [7, 11) is 0. The van der Waals surface area contributed by atoms with Crippen molar-refractivity contribution in [2.45, 2.75) is 18.9 Å². The van der Waals surface area contributed by atoms with Crippen LogP contribution in [-0.4, -0.2) is 10.1 Å². The lowest BCUT2D eigenvalue weighted by atomic mass is 9.93. The van der Waals surface area contributed by atoms with Crippen molar-refractivity contribution in [3.8, 4) is 0 Å². The van der Waals surface area contributed by atoms with Crippen molar-refractivity contribution in [3.05, 3.63) is 52.2 Å². The van der Waals surface area contributed by atoms with E-state index < -0.39 is 11.4 Å². The normalized spacial score (nSPS) is 14.7. The van der Waals surface area contributed by atoms with Crippen LogP contribution in [0.5, 0.6) is 0 Å². The van der Waals surface area contributed by atoms with Crippen LogP contribution in [0.15, 0.2) is 36.0 Å². The maximum Gasteiger partial charge on any atom is 0.141 e. The molecule has 0 aliphatic rings. The second-order valence-electron chi connectivity index (χ2n) is 3.92. The fourth-order valence-electron chi connectivity index (χ4n) is 1.56. The Morgan fingerprint density at radius 2 is 2.31 bits per heavy atom. The predicted molar refractivity (Wildman–Crippen MR) is 61.8 cm³/mol. The Balaban J connectivity index is 2.24. The van der Waals surface area contributed by atoms with Gasteiger partial charge >= 0.3 is 0 Å². The van der Waals surface area contributed by atoms with E-state index in [9.17, 15) is 9.50 Å². The van der Waals surface area contributed by atoms with Gasteiger partial charge in [0.25, 0.3) is 0 Å². The van der Waals surface area contributed by atoms with Crippen molar-refractivity contribution in [1.82, 2.24) is 4.98 Å². The number of hydrogen-bond donors (Lipinski definition) is 1. The molecule has 1 N–H and O–H groups in total. The van der Waals surface area contributed by atoms with E-state index in [0.29, 0.717) is 12.0 Å². The molecule has 0 aromatic carbocycles. The fourth-order valence-corrected chi connectivity index (χ4v) is 2.41. The lowest BCUT2D eigenvalue weighted by Gasteiger charge is -2.22. The number of hydrogen-bond acceptors (Lipinski definition) is 3. The van der Waals surface area contributed by atoms with Crippen LogP contribution >= 0.6 is 11.3 Å². The summed E-state index contributed by atoms with van der Waals surface area (Å²) in [4.78, 5) is 4.81. The van der Waals surface area contributed by atoms with E-state index in [1.807, 2.05) is 17.5 Å². The summed E-state index contributed by atoms with van der Waals surface area (Å²) in [6.45, 7) is 1.67. The first-order chi connectivity index (χ1) is 7.58. The minimum Gasteiger partial charge on any atom is -0.385 e. The van der Waals surface area contributed by atoms with Crippen molar-refractivity contribution in [3.63, 3.8) is 0 Å². The molecular weight excluding hydrogens is 225 g/mol. The van der Waals surface area contributed by atoms with Crippen LogP contribution in [0.4, 0.5) is 4.39 Å². The second-order valence-corrected chi connectivity index (χ2v) is 4.95. The number of nitrogens with zero attached hydrogens (tertiary/aromatic N) is 1. The van der Waals surface area contributed by atoms with Gasteiger partial charge in [0.05, 0.1) is 11.8 Å². The second kappa shape index (κ2) is 4.31. The van der Waals surface area contributed by atoms with Crippen LogP contribution < -0.4 is 0 Å². The standard InChI is InChI=1S/C12H12FNOS/c1-12(15,6-11-3-2-4-16-11)9-5-10(13)8-14-7-9/h2-5,7-8,15H,6H2,1H3. The van der Waals surface area contributed by atoms with E-state index >= 15 is 0 Å². The smallest absolute Gasteiger partial charge is 0.141 e. The average Bonchev–Trinajstić information content (AvgIpc) is 2.70. The van der Waals surface area contributed by atoms with Crippen LogP contribution in [0, 0.1) is 5.82 Å². The topological polar surface area (TPSA) is 33.1 Å². The van der Waals surface area contributed by atoms with Gasteiger partial charge in [-0.2, -0.15) is 0 Å². The zero-order valence-electron chi connectivity index (χ0n) is 8.85. The lowest BCUT2D eigenvalue weighted by molar-refractivity contribution is 0.0577. The van der Waals surface area contributed by atoms with Crippen molar-refractivity contribution in [1.29, 1.82) is 0 Å². The molecule has 4 heteroatoms. The molecule has 0 saturated heterocycles. The minimum absolute atomic E-state index is 0.427. The summed E-state index contributed by atoms with van der Waals surface area (Å²) in [5.41, 5.74) is -0.583. The Hall–Kier alpha value is -1.26. The summed E-state index contributed by atoms with van der Waals surface area (Å²) in [6, 6.07) is 5.20. The van der Waals surface area contributed by atoms with Crippen LogP contribution in [0.2, 0.25) is 0 Å². The van der Waals surface area contributed by atoms with Gasteiger partial charge in [0.1, 0.15) is 5.82 Å². The van der Waals surface area contributed by atoms with Gasteiger partial charge in [-0.05, 0) is 24.4 Å². The van der Waals surface area contributed by atoms with Gasteiger partial charge in [-0.3, -0.25) is 4.98 Å². The number of halogens is 1. The Bertz CT molecular complexity index is 468. The molecule has 16 heavy (non-hydrogen) atoms. The van der Waals surface area contributed by atoms with Crippen molar-refractivity contribution in [2.75, 3.05) is 0 Å². The zero-order chi connectivity index (χ0) is 11.6. The Kier molecular flexibility index (Phi) is 3.03. The average molecular weight is 237 g/mol. The Morgan fingerprint density at radius 1 is 1.50 bits per heavy atom. The van der Waals surface area contributed by atoms with Gasteiger partial charge in [-0.15, -0.1) is 11.3 Å². The number of aromatic nitrogens is 1. The van der Waals surface area contributed by atoms with Crippen LogP contribution in [-0.2, 0) is 12.0 Å². The molecule has 0 radical (unpaired) electrons. The van der Waals surface area contributed by atoms with E-state index in [-0.39, 0.29) is 0 Å². The summed E-state index contributed by atoms with van der Waals surface area (Å²) in [5, 5.41) is 12.2. The SMILES string of the molecule is CC(O)(Cc1cccs1)c1cncc(F)c1. The van der Waals surface area contributed by atoms with Crippen molar-refractivity contribution < 1.29 is 9.50 Å². The maximum atomic E-state index is 13.0. The molecule has 1 unspecified atom stereocenters. The molecule has 84 valence electrons. The summed E-state index contributed by atoms with van der Waals surface area (Å²) in [6.07, 6.45) is 3.09. The minimum atomic E-state index is -1.08. The molecule has 2 heterocycles. The molecule has 0 aliphatic heterocycles. The van der Waals surface area contributed by atoms with Crippen LogP contribution in [0.3, 0.4) is 0 Å². The third kappa shape index (κ3) is 2.46. The number of aliphatic hydroxyl groups is 1. The monoisotopic (exact) mass is 237 g/mol.